The highest BCUT2D eigenvalue weighted by atomic mass is 16.6. The minimum Gasteiger partial charge on any atom is -0.460 e. The average Bonchev–Trinajstić information content (AvgIpc) is 3.33. The molecular weight excluding hydrogens is 572 g/mol. The highest BCUT2D eigenvalue weighted by molar-refractivity contribution is 5.97. The highest BCUT2D eigenvalue weighted by Gasteiger charge is 2.32. The van der Waals surface area contributed by atoms with Crippen LogP contribution in [0.25, 0.3) is 16.9 Å². The molecule has 0 aliphatic heterocycles. The summed E-state index contributed by atoms with van der Waals surface area (Å²) in [4.78, 5) is 54.0. The number of alkyl carbamates (subject to hydrolysis) is 1. The number of ether oxygens (including phenoxy) is 3. The summed E-state index contributed by atoms with van der Waals surface area (Å²) < 4.78 is 16.8. The summed E-state index contributed by atoms with van der Waals surface area (Å²) in [5.74, 6) is -2.22. The molecule has 0 saturated heterocycles. The average molecular weight is 613 g/mol. The van der Waals surface area contributed by atoms with E-state index in [1.807, 2.05) is 62.4 Å². The fourth-order valence-corrected chi connectivity index (χ4v) is 5.22. The quantitative estimate of drug-likeness (QED) is 0.121. The summed E-state index contributed by atoms with van der Waals surface area (Å²) in [6, 6.07) is 23.1. The monoisotopic (exact) mass is 612 g/mol. The number of rotatable bonds is 11. The predicted octanol–water partition coefficient (Wildman–Crippen LogP) is 6.08. The Hall–Kier alpha value is -4.92. The number of benzene rings is 3. The maximum Gasteiger partial charge on any atom is 0.407 e. The summed E-state index contributed by atoms with van der Waals surface area (Å²) in [6.45, 7) is 9.74. The van der Waals surface area contributed by atoms with Crippen LogP contribution in [0.3, 0.4) is 0 Å². The summed E-state index contributed by atoms with van der Waals surface area (Å²) in [5, 5.41) is 2.50. The van der Waals surface area contributed by atoms with Crippen molar-refractivity contribution in [2.45, 2.75) is 58.6 Å². The Labute approximate surface area is 264 Å². The van der Waals surface area contributed by atoms with Gasteiger partial charge in [-0.25, -0.2) is 9.59 Å². The van der Waals surface area contributed by atoms with Gasteiger partial charge in [-0.3, -0.25) is 9.59 Å². The maximum atomic E-state index is 13.6. The van der Waals surface area contributed by atoms with Crippen LogP contribution in [0.15, 0.2) is 84.9 Å². The molecule has 4 rings (SSSR count). The van der Waals surface area contributed by atoms with E-state index in [1.54, 1.807) is 56.0 Å². The molecule has 9 nitrogen and oxygen atoms in total. The molecule has 0 bridgehead atoms. The molecule has 3 aromatic carbocycles. The van der Waals surface area contributed by atoms with E-state index in [4.69, 9.17) is 14.2 Å². The van der Waals surface area contributed by atoms with E-state index < -0.39 is 36.1 Å². The number of amides is 2. The number of nitrogens with zero attached hydrogens (tertiary/aromatic N) is 1. The maximum absolute atomic E-state index is 13.6. The largest absolute Gasteiger partial charge is 0.460 e. The second kappa shape index (κ2) is 14.7. The van der Waals surface area contributed by atoms with Crippen molar-refractivity contribution >= 4 is 29.7 Å². The minimum absolute atomic E-state index is 0.0129. The van der Waals surface area contributed by atoms with Crippen LogP contribution < -0.4 is 5.32 Å². The van der Waals surface area contributed by atoms with E-state index in [0.29, 0.717) is 18.7 Å². The van der Waals surface area contributed by atoms with E-state index >= 15 is 0 Å². The van der Waals surface area contributed by atoms with Crippen molar-refractivity contribution in [3.8, 4) is 11.1 Å². The first-order valence-electron chi connectivity index (χ1n) is 15.1. The lowest BCUT2D eigenvalue weighted by atomic mass is 9.98. The van der Waals surface area contributed by atoms with Crippen LogP contribution in [0.1, 0.15) is 63.6 Å². The topological polar surface area (TPSA) is 111 Å². The number of nitrogens with one attached hydrogen (secondary N) is 1. The molecule has 1 atom stereocenters. The van der Waals surface area contributed by atoms with Crippen LogP contribution in [-0.4, -0.2) is 60.2 Å². The number of carbonyl (C=O) groups is 4. The first-order valence-corrected chi connectivity index (χ1v) is 15.1. The molecular formula is C36H40N2O7. The van der Waals surface area contributed by atoms with Gasteiger partial charge in [0.15, 0.2) is 0 Å². The zero-order valence-electron chi connectivity index (χ0n) is 26.4. The Balaban J connectivity index is 1.54. The normalized spacial score (nSPS) is 13.2. The number of esters is 2. The van der Waals surface area contributed by atoms with Gasteiger partial charge in [0.25, 0.3) is 0 Å². The van der Waals surface area contributed by atoms with Crippen LogP contribution in [0.5, 0.6) is 0 Å². The van der Waals surface area contributed by atoms with Gasteiger partial charge in [-0.05, 0) is 56.9 Å². The first kappa shape index (κ1) is 33.0. The molecule has 3 aromatic rings. The van der Waals surface area contributed by atoms with Crippen molar-refractivity contribution in [3.05, 3.63) is 102 Å². The molecule has 0 heterocycles. The number of likely N-dealkylation sites (N-methyl/N-ethyl adjacent to an activating group) is 1. The third-order valence-electron chi connectivity index (χ3n) is 7.31. The molecule has 0 fully saturated rings. The van der Waals surface area contributed by atoms with E-state index in [2.05, 4.69) is 5.32 Å². The lowest BCUT2D eigenvalue weighted by Gasteiger charge is -2.23. The van der Waals surface area contributed by atoms with Gasteiger partial charge < -0.3 is 24.4 Å². The number of fused-ring (bicyclic) bond motifs is 3. The lowest BCUT2D eigenvalue weighted by molar-refractivity contribution is -0.158. The minimum atomic E-state index is -1.45. The first-order chi connectivity index (χ1) is 21.5. The molecule has 0 aromatic heterocycles. The fraction of sp³-hybridized carbons (Fsp3) is 0.333. The second-order valence-electron chi connectivity index (χ2n) is 11.6. The van der Waals surface area contributed by atoms with Gasteiger partial charge in [0.2, 0.25) is 5.91 Å². The Morgan fingerprint density at radius 3 is 1.96 bits per heavy atom. The van der Waals surface area contributed by atoms with E-state index in [1.165, 1.54) is 6.08 Å². The van der Waals surface area contributed by atoms with Crippen molar-refractivity contribution in [2.75, 3.05) is 19.7 Å². The van der Waals surface area contributed by atoms with E-state index in [-0.39, 0.29) is 24.2 Å². The molecule has 1 aliphatic carbocycles. The van der Waals surface area contributed by atoms with Crippen LogP contribution in [0.2, 0.25) is 0 Å². The standard InChI is InChI=1S/C36H40N2O7/c1-6-38(7-2)32(39)22-31(24-15-9-8-10-16-24)44-34(41)30(21-33(40)45-36(3,4)5)37-35(42)43-23-29-27-19-13-11-17-25(27)26-18-12-14-20-28(26)29/h8-20,22,29-30H,6-7,21,23H2,1-5H3,(H,37,42)/t30-/m0/s1. The molecule has 0 saturated carbocycles. The van der Waals surface area contributed by atoms with Gasteiger partial charge >= 0.3 is 18.0 Å². The summed E-state index contributed by atoms with van der Waals surface area (Å²) in [7, 11) is 0. The predicted molar refractivity (Wildman–Crippen MR) is 171 cm³/mol. The van der Waals surface area contributed by atoms with Gasteiger partial charge in [0.05, 0.1) is 6.42 Å². The molecule has 2 amide bonds. The van der Waals surface area contributed by atoms with Crippen LogP contribution >= 0.6 is 0 Å². The molecule has 0 radical (unpaired) electrons. The number of hydrogen-bond acceptors (Lipinski definition) is 7. The van der Waals surface area contributed by atoms with Crippen LogP contribution in [-0.2, 0) is 28.6 Å². The molecule has 0 spiro atoms. The van der Waals surface area contributed by atoms with Crippen LogP contribution in [0, 0.1) is 0 Å². The SMILES string of the molecule is CCN(CC)C(=O)C=C(OC(=O)[C@H](CC(=O)OC(C)(C)C)NC(=O)OCC1c2ccccc2-c2ccccc21)c1ccccc1. The summed E-state index contributed by atoms with van der Waals surface area (Å²) >= 11 is 0. The zero-order valence-corrected chi connectivity index (χ0v) is 26.4. The highest BCUT2D eigenvalue weighted by Crippen LogP contribution is 2.44. The number of carbonyl (C=O) groups excluding carboxylic acids is 4. The molecule has 9 heteroatoms. The third-order valence-corrected chi connectivity index (χ3v) is 7.31. The summed E-state index contributed by atoms with van der Waals surface area (Å²) in [6.07, 6.45) is -0.170. The Morgan fingerprint density at radius 1 is 0.844 bits per heavy atom. The fourth-order valence-electron chi connectivity index (χ4n) is 5.22. The van der Waals surface area contributed by atoms with Gasteiger partial charge in [-0.2, -0.15) is 0 Å². The van der Waals surface area contributed by atoms with Crippen LogP contribution in [0.4, 0.5) is 4.79 Å². The lowest BCUT2D eigenvalue weighted by Crippen LogP contribution is -2.44. The molecule has 0 unspecified atom stereocenters. The molecule has 45 heavy (non-hydrogen) atoms. The smallest absolute Gasteiger partial charge is 0.407 e. The Kier molecular flexibility index (Phi) is 10.8. The van der Waals surface area contributed by atoms with Crippen molar-refractivity contribution in [3.63, 3.8) is 0 Å². The summed E-state index contributed by atoms with van der Waals surface area (Å²) in [5.41, 5.74) is 3.88. The Morgan fingerprint density at radius 2 is 1.40 bits per heavy atom. The third kappa shape index (κ3) is 8.59. The zero-order chi connectivity index (χ0) is 32.6. The van der Waals surface area contributed by atoms with E-state index in [0.717, 1.165) is 22.3 Å². The van der Waals surface area contributed by atoms with Gasteiger partial charge in [-0.1, -0.05) is 78.9 Å². The molecule has 236 valence electrons. The molecule has 1 aliphatic rings. The van der Waals surface area contributed by atoms with Crippen molar-refractivity contribution < 1.29 is 33.4 Å². The molecule has 1 N–H and O–H groups in total. The second-order valence-corrected chi connectivity index (χ2v) is 11.6. The van der Waals surface area contributed by atoms with Crippen molar-refractivity contribution in [2.24, 2.45) is 0 Å². The van der Waals surface area contributed by atoms with E-state index in [9.17, 15) is 19.2 Å². The van der Waals surface area contributed by atoms with Crippen molar-refractivity contribution in [1.29, 1.82) is 0 Å². The van der Waals surface area contributed by atoms with Gasteiger partial charge in [-0.15, -0.1) is 0 Å². The number of hydrogen-bond donors (Lipinski definition) is 1. The van der Waals surface area contributed by atoms with Gasteiger partial charge in [0.1, 0.15) is 24.0 Å². The Bertz CT molecular complexity index is 1510. The van der Waals surface area contributed by atoms with Gasteiger partial charge in [0, 0.05) is 30.6 Å². The van der Waals surface area contributed by atoms with Crippen molar-refractivity contribution in [1.82, 2.24) is 10.2 Å².